The normalized spacial score (nSPS) is 10.4. The van der Waals surface area contributed by atoms with Crippen LogP contribution >= 0.6 is 35.4 Å². The summed E-state index contributed by atoms with van der Waals surface area (Å²) >= 11 is 16.3. The highest BCUT2D eigenvalue weighted by atomic mass is 35.5. The Morgan fingerprint density at radius 1 is 1.31 bits per heavy atom. The third kappa shape index (κ3) is 3.77. The van der Waals surface area contributed by atoms with Gasteiger partial charge in [-0.2, -0.15) is 0 Å². The van der Waals surface area contributed by atoms with Crippen LogP contribution in [0.2, 0.25) is 10.0 Å². The van der Waals surface area contributed by atoms with Gasteiger partial charge in [0.05, 0.1) is 10.0 Å². The third-order valence-corrected chi connectivity index (χ3v) is 2.43. The Balaban J connectivity index is 2.79. The van der Waals surface area contributed by atoms with Crippen LogP contribution in [0, 0.1) is 5.82 Å². The number of hydrogen-bond acceptors (Lipinski definition) is 1. The Morgan fingerprint density at radius 3 is 2.25 bits per heavy atom. The van der Waals surface area contributed by atoms with E-state index in [1.165, 1.54) is 12.1 Å². The van der Waals surface area contributed by atoms with Gasteiger partial charge in [0.1, 0.15) is 0 Å². The summed E-state index contributed by atoms with van der Waals surface area (Å²) in [5, 5.41) is 6.21. The van der Waals surface area contributed by atoms with Gasteiger partial charge in [0.2, 0.25) is 0 Å². The lowest BCUT2D eigenvalue weighted by atomic mass is 10.3. The average Bonchev–Trinajstić information content (AvgIpc) is 2.12. The first-order chi connectivity index (χ1) is 7.40. The van der Waals surface area contributed by atoms with Crippen molar-refractivity contribution in [3.63, 3.8) is 0 Å². The topological polar surface area (TPSA) is 24.1 Å². The molecule has 0 atom stereocenters. The molecule has 2 nitrogen and oxygen atoms in total. The molecular formula is C10H11Cl2FN2S. The van der Waals surface area contributed by atoms with Crippen molar-refractivity contribution in [3.8, 4) is 0 Å². The fourth-order valence-electron chi connectivity index (χ4n) is 1.06. The molecule has 1 aromatic rings. The zero-order valence-electron chi connectivity index (χ0n) is 8.77. The highest BCUT2D eigenvalue weighted by molar-refractivity contribution is 7.80. The Bertz CT molecular complexity index is 387. The maximum atomic E-state index is 13.1. The van der Waals surface area contributed by atoms with Gasteiger partial charge in [-0.3, -0.25) is 0 Å². The molecule has 0 amide bonds. The average molecular weight is 281 g/mol. The molecule has 16 heavy (non-hydrogen) atoms. The second-order valence-electron chi connectivity index (χ2n) is 3.51. The smallest absolute Gasteiger partial charge is 0.170 e. The van der Waals surface area contributed by atoms with Crippen LogP contribution in [0.3, 0.4) is 0 Å². The van der Waals surface area contributed by atoms with Gasteiger partial charge in [-0.15, -0.1) is 0 Å². The largest absolute Gasteiger partial charge is 0.360 e. The molecule has 0 aliphatic rings. The summed E-state index contributed by atoms with van der Waals surface area (Å²) in [4.78, 5) is 0. The summed E-state index contributed by atoms with van der Waals surface area (Å²) in [6, 6.07) is 3.07. The van der Waals surface area contributed by atoms with Crippen molar-refractivity contribution in [2.75, 3.05) is 5.32 Å². The number of thiocarbonyl (C=S) groups is 1. The summed E-state index contributed by atoms with van der Waals surface area (Å²) in [7, 11) is 0. The number of rotatable bonds is 2. The van der Waals surface area contributed by atoms with Crippen molar-refractivity contribution in [1.29, 1.82) is 0 Å². The summed E-state index contributed by atoms with van der Waals surface area (Å²) in [6.45, 7) is 3.91. The zero-order valence-corrected chi connectivity index (χ0v) is 11.1. The van der Waals surface area contributed by atoms with Crippen molar-refractivity contribution in [2.24, 2.45) is 0 Å². The van der Waals surface area contributed by atoms with Crippen LogP contribution in [0.4, 0.5) is 10.1 Å². The second-order valence-corrected chi connectivity index (χ2v) is 4.73. The summed E-state index contributed by atoms with van der Waals surface area (Å²) in [6.07, 6.45) is 0. The second kappa shape index (κ2) is 5.66. The minimum Gasteiger partial charge on any atom is -0.360 e. The van der Waals surface area contributed by atoms with Gasteiger partial charge in [0.15, 0.2) is 10.9 Å². The van der Waals surface area contributed by atoms with E-state index in [0.717, 1.165) is 0 Å². The van der Waals surface area contributed by atoms with Crippen molar-refractivity contribution in [3.05, 3.63) is 28.0 Å². The van der Waals surface area contributed by atoms with Crippen LogP contribution in [0.5, 0.6) is 0 Å². The molecule has 0 aliphatic heterocycles. The minimum absolute atomic E-state index is 0.0395. The van der Waals surface area contributed by atoms with E-state index >= 15 is 0 Å². The van der Waals surface area contributed by atoms with E-state index in [9.17, 15) is 4.39 Å². The standard InChI is InChI=1S/C10H11Cl2FN2S/c1-5(2)14-10(16)15-6-3-7(11)9(13)8(12)4-6/h3-5H,1-2H3,(H2,14,15,16). The molecule has 0 radical (unpaired) electrons. The number of hydrogen-bond donors (Lipinski definition) is 2. The van der Waals surface area contributed by atoms with Crippen LogP contribution in [0.25, 0.3) is 0 Å². The highest BCUT2D eigenvalue weighted by Crippen LogP contribution is 2.27. The molecule has 1 rings (SSSR count). The predicted octanol–water partition coefficient (Wildman–Crippen LogP) is 3.83. The molecule has 0 unspecified atom stereocenters. The van der Waals surface area contributed by atoms with Crippen molar-refractivity contribution < 1.29 is 4.39 Å². The molecule has 0 saturated heterocycles. The molecular weight excluding hydrogens is 270 g/mol. The first kappa shape index (κ1) is 13.5. The molecule has 0 fully saturated rings. The Kier molecular flexibility index (Phi) is 4.77. The van der Waals surface area contributed by atoms with Crippen LogP contribution in [-0.4, -0.2) is 11.2 Å². The molecule has 0 aromatic heterocycles. The molecule has 0 saturated carbocycles. The van der Waals surface area contributed by atoms with Crippen LogP contribution in [-0.2, 0) is 0 Å². The van der Waals surface area contributed by atoms with E-state index in [0.29, 0.717) is 10.8 Å². The van der Waals surface area contributed by atoms with Gasteiger partial charge in [0, 0.05) is 11.7 Å². The lowest BCUT2D eigenvalue weighted by molar-refractivity contribution is 0.629. The molecule has 0 bridgehead atoms. The van der Waals surface area contributed by atoms with E-state index in [1.54, 1.807) is 0 Å². The number of benzene rings is 1. The number of halogens is 3. The van der Waals surface area contributed by atoms with Crippen LogP contribution in [0.1, 0.15) is 13.8 Å². The Hall–Kier alpha value is -0.580. The Labute approximate surface area is 109 Å². The van der Waals surface area contributed by atoms with E-state index in [4.69, 9.17) is 35.4 Å². The summed E-state index contributed by atoms with van der Waals surface area (Å²) in [5.74, 6) is -0.628. The van der Waals surface area contributed by atoms with Crippen LogP contribution < -0.4 is 10.6 Å². The van der Waals surface area contributed by atoms with Gasteiger partial charge >= 0.3 is 0 Å². The first-order valence-corrected chi connectivity index (χ1v) is 5.78. The molecule has 0 heterocycles. The SMILES string of the molecule is CC(C)NC(=S)Nc1cc(Cl)c(F)c(Cl)c1. The Morgan fingerprint density at radius 2 is 1.81 bits per heavy atom. The maximum Gasteiger partial charge on any atom is 0.170 e. The molecule has 0 spiro atoms. The fraction of sp³-hybridized carbons (Fsp3) is 0.300. The van der Waals surface area contributed by atoms with E-state index in [1.807, 2.05) is 13.8 Å². The van der Waals surface area contributed by atoms with E-state index in [2.05, 4.69) is 10.6 Å². The predicted molar refractivity (Wildman–Crippen MR) is 70.9 cm³/mol. The van der Waals surface area contributed by atoms with Crippen molar-refractivity contribution in [1.82, 2.24) is 5.32 Å². The molecule has 1 aromatic carbocycles. The number of nitrogens with one attached hydrogen (secondary N) is 2. The van der Waals surface area contributed by atoms with E-state index < -0.39 is 5.82 Å². The molecule has 0 aliphatic carbocycles. The molecule has 6 heteroatoms. The van der Waals surface area contributed by atoms with Gasteiger partial charge in [-0.1, -0.05) is 23.2 Å². The van der Waals surface area contributed by atoms with Gasteiger partial charge in [-0.05, 0) is 38.2 Å². The third-order valence-electron chi connectivity index (χ3n) is 1.66. The van der Waals surface area contributed by atoms with Gasteiger partial charge < -0.3 is 10.6 Å². The minimum atomic E-state index is -0.628. The number of anilines is 1. The quantitative estimate of drug-likeness (QED) is 0.636. The first-order valence-electron chi connectivity index (χ1n) is 4.62. The van der Waals surface area contributed by atoms with Gasteiger partial charge in [0.25, 0.3) is 0 Å². The van der Waals surface area contributed by atoms with Crippen molar-refractivity contribution >= 4 is 46.2 Å². The maximum absolute atomic E-state index is 13.1. The summed E-state index contributed by atoms with van der Waals surface area (Å²) < 4.78 is 13.1. The van der Waals surface area contributed by atoms with Crippen molar-refractivity contribution in [2.45, 2.75) is 19.9 Å². The zero-order chi connectivity index (χ0) is 12.3. The van der Waals surface area contributed by atoms with Crippen LogP contribution in [0.15, 0.2) is 12.1 Å². The van der Waals surface area contributed by atoms with E-state index in [-0.39, 0.29) is 16.1 Å². The lowest BCUT2D eigenvalue weighted by Crippen LogP contribution is -2.33. The highest BCUT2D eigenvalue weighted by Gasteiger charge is 2.08. The molecule has 88 valence electrons. The monoisotopic (exact) mass is 280 g/mol. The summed E-state index contributed by atoms with van der Waals surface area (Å²) in [5.41, 5.74) is 0.551. The fourth-order valence-corrected chi connectivity index (χ4v) is 1.90. The lowest BCUT2D eigenvalue weighted by Gasteiger charge is -2.13. The van der Waals surface area contributed by atoms with Gasteiger partial charge in [-0.25, -0.2) is 4.39 Å². The molecule has 2 N–H and O–H groups in total.